The number of likely N-dealkylation sites (N-methyl/N-ethyl adjacent to an activating group) is 1. The van der Waals surface area contributed by atoms with E-state index in [2.05, 4.69) is 15.6 Å². The Morgan fingerprint density at radius 2 is 1.71 bits per heavy atom. The van der Waals surface area contributed by atoms with Crippen LogP contribution in [0.2, 0.25) is 0 Å². The zero-order chi connectivity index (χ0) is 43.1. The lowest BCUT2D eigenvalue weighted by atomic mass is 9.92. The van der Waals surface area contributed by atoms with Crippen molar-refractivity contribution in [2.24, 2.45) is 17.8 Å². The zero-order valence-electron chi connectivity index (χ0n) is 35.2. The molecule has 0 spiro atoms. The number of piperidine rings is 1. The van der Waals surface area contributed by atoms with Gasteiger partial charge in [0.15, 0.2) is 12.8 Å². The van der Waals surface area contributed by atoms with E-state index in [1.807, 2.05) is 46.6 Å². The molecule has 1 saturated heterocycles. The first-order chi connectivity index (χ1) is 27.4. The summed E-state index contributed by atoms with van der Waals surface area (Å²) in [5.41, 5.74) is 0.816. The van der Waals surface area contributed by atoms with Crippen LogP contribution in [-0.4, -0.2) is 105 Å². The number of carboxylic acids is 1. The highest BCUT2D eigenvalue weighted by atomic mass is 32.1. The first-order valence-electron chi connectivity index (χ1n) is 20.4. The molecule has 4 N–H and O–H groups in total. The standard InChI is InChI=1S/C42H63N5O10S/c1-9-13-36(50)56-24-47(41(53)37(26(5)10-2)45-39(52)33-14-11-12-19-46(33)8)34(25(3)4)22-35(57-28(7)48)40-44-32(23-58-40)38(51)43-30(20-27(6)42(54)55)21-29-15-17-31(49)18-16-29/h15-18,23,25-27,30,33-35,37,49H,9-14,19-22,24H2,1-8H3,(H,43,51)(H,45,52)(H,54,55)/t26?,27-,30+,33+,34?,35+,37?/m0/s1. The summed E-state index contributed by atoms with van der Waals surface area (Å²) >= 11 is 1.10. The van der Waals surface area contributed by atoms with Crippen molar-refractivity contribution in [2.75, 3.05) is 20.3 Å². The molecule has 2 heterocycles. The van der Waals surface area contributed by atoms with Gasteiger partial charge in [-0.2, -0.15) is 0 Å². The molecule has 1 fully saturated rings. The number of carbonyl (C=O) groups excluding carboxylic acids is 5. The van der Waals surface area contributed by atoms with Gasteiger partial charge in [0.1, 0.15) is 22.5 Å². The highest BCUT2D eigenvalue weighted by Gasteiger charge is 2.39. The molecule has 3 rings (SSSR count). The second-order valence-corrected chi connectivity index (χ2v) is 16.7. The largest absolute Gasteiger partial charge is 0.508 e. The number of rotatable bonds is 22. The van der Waals surface area contributed by atoms with E-state index in [0.29, 0.717) is 30.7 Å². The number of thiazole rings is 1. The van der Waals surface area contributed by atoms with Crippen molar-refractivity contribution in [2.45, 2.75) is 137 Å². The van der Waals surface area contributed by atoms with Crippen molar-refractivity contribution in [1.29, 1.82) is 0 Å². The van der Waals surface area contributed by atoms with Crippen LogP contribution >= 0.6 is 11.3 Å². The number of benzene rings is 1. The van der Waals surface area contributed by atoms with Gasteiger partial charge in [0.05, 0.1) is 12.0 Å². The van der Waals surface area contributed by atoms with Gasteiger partial charge < -0.3 is 35.2 Å². The molecule has 1 aromatic carbocycles. The van der Waals surface area contributed by atoms with Crippen LogP contribution in [0, 0.1) is 17.8 Å². The highest BCUT2D eigenvalue weighted by molar-refractivity contribution is 7.09. The number of likely N-dealkylation sites (tertiary alicyclic amines) is 1. The number of carboxylic acid groups (broad SMARTS) is 1. The minimum absolute atomic E-state index is 0.0330. The quantitative estimate of drug-likeness (QED) is 0.0863. The topological polar surface area (TPSA) is 205 Å². The number of amides is 3. The van der Waals surface area contributed by atoms with Gasteiger partial charge in [0, 0.05) is 37.2 Å². The van der Waals surface area contributed by atoms with Gasteiger partial charge in [0.2, 0.25) is 11.8 Å². The lowest BCUT2D eigenvalue weighted by molar-refractivity contribution is -0.160. The van der Waals surface area contributed by atoms with Gasteiger partial charge in [-0.3, -0.25) is 33.7 Å². The Bertz CT molecular complexity index is 1680. The first kappa shape index (κ1) is 47.8. The molecular formula is C42H63N5O10S. The summed E-state index contributed by atoms with van der Waals surface area (Å²) in [7, 11) is 1.90. The van der Waals surface area contributed by atoms with Gasteiger partial charge in [-0.1, -0.05) is 66.5 Å². The first-order valence-corrected chi connectivity index (χ1v) is 21.2. The fourth-order valence-corrected chi connectivity index (χ4v) is 7.91. The number of nitrogens with one attached hydrogen (secondary N) is 2. The SMILES string of the molecule is CCCC(=O)OCN(C(=O)C(NC(=O)[C@H]1CCCCN1C)C(C)CC)C(C[C@@H](OC(C)=O)c1nc(C(=O)N[C@@H](Cc2ccc(O)cc2)C[C@H](C)C(=O)O)cs1)C(C)C. The number of aliphatic carboxylic acids is 1. The van der Waals surface area contributed by atoms with E-state index in [1.54, 1.807) is 19.1 Å². The van der Waals surface area contributed by atoms with Crippen molar-refractivity contribution in [1.82, 2.24) is 25.4 Å². The fraction of sp³-hybridized carbons (Fsp3) is 0.643. The molecule has 58 heavy (non-hydrogen) atoms. The molecule has 3 unspecified atom stereocenters. The summed E-state index contributed by atoms with van der Waals surface area (Å²) in [5.74, 6) is -4.54. The van der Waals surface area contributed by atoms with E-state index in [9.17, 15) is 39.0 Å². The second-order valence-electron chi connectivity index (χ2n) is 15.8. The highest BCUT2D eigenvalue weighted by Crippen LogP contribution is 2.32. The van der Waals surface area contributed by atoms with Crippen LogP contribution < -0.4 is 10.6 Å². The van der Waals surface area contributed by atoms with Crippen LogP contribution in [0.15, 0.2) is 29.6 Å². The lowest BCUT2D eigenvalue weighted by Crippen LogP contribution is -2.59. The summed E-state index contributed by atoms with van der Waals surface area (Å²) < 4.78 is 11.5. The molecule has 7 atom stereocenters. The Morgan fingerprint density at radius 3 is 2.29 bits per heavy atom. The number of hydrogen-bond acceptors (Lipinski definition) is 12. The maximum absolute atomic E-state index is 14.7. The third-order valence-corrected chi connectivity index (χ3v) is 11.7. The maximum Gasteiger partial charge on any atom is 0.307 e. The lowest BCUT2D eigenvalue weighted by Gasteiger charge is -2.39. The van der Waals surface area contributed by atoms with E-state index >= 15 is 0 Å². The maximum atomic E-state index is 14.7. The molecule has 2 aromatic rings. The van der Waals surface area contributed by atoms with Gasteiger partial charge in [0.25, 0.3) is 5.91 Å². The molecule has 322 valence electrons. The minimum Gasteiger partial charge on any atom is -0.508 e. The van der Waals surface area contributed by atoms with Gasteiger partial charge >= 0.3 is 17.9 Å². The van der Waals surface area contributed by atoms with Crippen LogP contribution in [0.1, 0.15) is 127 Å². The van der Waals surface area contributed by atoms with E-state index in [4.69, 9.17) is 9.47 Å². The molecule has 0 radical (unpaired) electrons. The summed E-state index contributed by atoms with van der Waals surface area (Å²) in [6.07, 6.45) is 3.31. The number of ether oxygens (including phenoxy) is 2. The fourth-order valence-electron chi connectivity index (χ4n) is 7.07. The number of aromatic nitrogens is 1. The molecule has 0 bridgehead atoms. The average molecular weight is 830 g/mol. The number of phenols is 1. The number of hydrogen-bond donors (Lipinski definition) is 4. The predicted octanol–water partition coefficient (Wildman–Crippen LogP) is 5.46. The monoisotopic (exact) mass is 829 g/mol. The molecule has 0 saturated carbocycles. The minimum atomic E-state index is -1.01. The number of aromatic hydroxyl groups is 1. The molecule has 1 aliphatic rings. The Morgan fingerprint density at radius 1 is 1.02 bits per heavy atom. The van der Waals surface area contributed by atoms with E-state index in [-0.39, 0.29) is 61.2 Å². The third-order valence-electron chi connectivity index (χ3n) is 10.7. The Balaban J connectivity index is 1.95. The summed E-state index contributed by atoms with van der Waals surface area (Å²) in [6.45, 7) is 12.7. The van der Waals surface area contributed by atoms with Crippen molar-refractivity contribution < 1.29 is 48.5 Å². The van der Waals surface area contributed by atoms with Gasteiger partial charge in [-0.25, -0.2) is 4.98 Å². The van der Waals surface area contributed by atoms with Gasteiger partial charge in [-0.15, -0.1) is 11.3 Å². The Hall–Kier alpha value is -4.57. The van der Waals surface area contributed by atoms with E-state index in [0.717, 1.165) is 36.3 Å². The molecule has 1 aliphatic heterocycles. The van der Waals surface area contributed by atoms with Crippen LogP contribution in [0.3, 0.4) is 0 Å². The molecule has 16 heteroatoms. The summed E-state index contributed by atoms with van der Waals surface area (Å²) in [6, 6.07) is 3.85. The molecule has 0 aliphatic carbocycles. The summed E-state index contributed by atoms with van der Waals surface area (Å²) in [4.78, 5) is 87.0. The second kappa shape index (κ2) is 23.1. The van der Waals surface area contributed by atoms with Crippen LogP contribution in [0.4, 0.5) is 0 Å². The Kier molecular flexibility index (Phi) is 19.1. The normalized spacial score (nSPS) is 17.6. The number of esters is 2. The summed E-state index contributed by atoms with van der Waals surface area (Å²) in [5, 5.41) is 27.1. The van der Waals surface area contributed by atoms with E-state index < -0.39 is 59.9 Å². The zero-order valence-corrected chi connectivity index (χ0v) is 36.0. The van der Waals surface area contributed by atoms with E-state index in [1.165, 1.54) is 29.3 Å². The van der Waals surface area contributed by atoms with Crippen molar-refractivity contribution in [3.05, 3.63) is 45.9 Å². The molecule has 1 aromatic heterocycles. The number of phenolic OH excluding ortho intramolecular Hbond substituents is 1. The smallest absolute Gasteiger partial charge is 0.307 e. The van der Waals surface area contributed by atoms with Crippen molar-refractivity contribution >= 4 is 47.0 Å². The number of nitrogens with zero attached hydrogens (tertiary/aromatic N) is 3. The number of carbonyl (C=O) groups is 6. The molecule has 3 amide bonds. The van der Waals surface area contributed by atoms with Crippen LogP contribution in [0.25, 0.3) is 0 Å². The average Bonchev–Trinajstić information content (AvgIpc) is 3.67. The molecular weight excluding hydrogens is 767 g/mol. The van der Waals surface area contributed by atoms with Crippen molar-refractivity contribution in [3.63, 3.8) is 0 Å². The predicted molar refractivity (Wildman–Crippen MR) is 219 cm³/mol. The van der Waals surface area contributed by atoms with Crippen molar-refractivity contribution in [3.8, 4) is 5.75 Å². The van der Waals surface area contributed by atoms with Gasteiger partial charge in [-0.05, 0) is 75.2 Å². The Labute approximate surface area is 346 Å². The third kappa shape index (κ3) is 14.4. The van der Waals surface area contributed by atoms with Crippen LogP contribution in [-0.2, 0) is 39.9 Å². The molecule has 15 nitrogen and oxygen atoms in total. The van der Waals surface area contributed by atoms with Crippen LogP contribution in [0.5, 0.6) is 5.75 Å².